The average Bonchev–Trinajstić information content (AvgIpc) is 2.51. The summed E-state index contributed by atoms with van der Waals surface area (Å²) in [5.41, 5.74) is 0.622. The highest BCUT2D eigenvalue weighted by Crippen LogP contribution is 2.32. The molecule has 1 aromatic heterocycles. The van der Waals surface area contributed by atoms with E-state index in [4.69, 9.17) is 9.88 Å². The standard InChI is InChI=1S/C16H17F3N4O4S/c1-8-7-9(2)22-15(21-8)23-14(24)11-5-4-6-12(28(20,25)26)13(11)27-10(3)16(17,18)19/h4-7,10H,1-3H3,(H2,20,25,26)(H,21,22,23,24). The number of aromatic nitrogens is 2. The lowest BCUT2D eigenvalue weighted by molar-refractivity contribution is -0.189. The molecule has 152 valence electrons. The van der Waals surface area contributed by atoms with Crippen LogP contribution in [0.4, 0.5) is 19.1 Å². The van der Waals surface area contributed by atoms with Gasteiger partial charge in [0.25, 0.3) is 5.91 Å². The van der Waals surface area contributed by atoms with Gasteiger partial charge in [0, 0.05) is 11.4 Å². The van der Waals surface area contributed by atoms with Gasteiger partial charge in [-0.15, -0.1) is 0 Å². The third-order valence-electron chi connectivity index (χ3n) is 3.49. The van der Waals surface area contributed by atoms with Crippen LogP contribution in [-0.4, -0.2) is 36.6 Å². The highest BCUT2D eigenvalue weighted by Gasteiger charge is 2.39. The van der Waals surface area contributed by atoms with Crippen molar-refractivity contribution in [1.29, 1.82) is 0 Å². The number of alkyl halides is 3. The van der Waals surface area contributed by atoms with E-state index in [9.17, 15) is 26.4 Å². The number of nitrogens with one attached hydrogen (secondary N) is 1. The maximum absolute atomic E-state index is 12.9. The van der Waals surface area contributed by atoms with Crippen molar-refractivity contribution in [2.24, 2.45) is 5.14 Å². The normalized spacial score (nSPS) is 13.1. The van der Waals surface area contributed by atoms with E-state index >= 15 is 0 Å². The summed E-state index contributed by atoms with van der Waals surface area (Å²) in [6, 6.07) is 4.85. The Kier molecular flexibility index (Phi) is 5.94. The van der Waals surface area contributed by atoms with Gasteiger partial charge in [0.2, 0.25) is 16.0 Å². The molecule has 0 saturated carbocycles. The third kappa shape index (κ3) is 5.16. The maximum atomic E-state index is 12.9. The number of aryl methyl sites for hydroxylation is 2. The molecule has 1 unspecified atom stereocenters. The second kappa shape index (κ2) is 7.72. The molecule has 0 aliphatic carbocycles. The van der Waals surface area contributed by atoms with E-state index in [0.717, 1.165) is 18.2 Å². The number of amides is 1. The molecule has 1 amide bonds. The second-order valence-electron chi connectivity index (χ2n) is 5.91. The molecule has 0 fully saturated rings. The SMILES string of the molecule is Cc1cc(C)nc(NC(=O)c2cccc(S(N)(=O)=O)c2OC(C)C(F)(F)F)n1. The molecule has 0 aliphatic heterocycles. The van der Waals surface area contributed by atoms with E-state index in [1.54, 1.807) is 19.9 Å². The molecule has 1 atom stereocenters. The first-order chi connectivity index (χ1) is 12.8. The molecule has 0 bridgehead atoms. The van der Waals surface area contributed by atoms with Crippen molar-refractivity contribution < 1.29 is 31.1 Å². The number of nitrogens with two attached hydrogens (primary N) is 1. The van der Waals surface area contributed by atoms with Crippen molar-refractivity contribution in [2.75, 3.05) is 5.32 Å². The number of carbonyl (C=O) groups is 1. The first-order valence-corrected chi connectivity index (χ1v) is 9.36. The zero-order chi connectivity index (χ0) is 21.3. The van der Waals surface area contributed by atoms with Crippen molar-refractivity contribution in [3.8, 4) is 5.75 Å². The summed E-state index contributed by atoms with van der Waals surface area (Å²) in [5, 5.41) is 7.37. The summed E-state index contributed by atoms with van der Waals surface area (Å²) in [6.45, 7) is 3.99. The smallest absolute Gasteiger partial charge is 0.425 e. The highest BCUT2D eigenvalue weighted by molar-refractivity contribution is 7.89. The molecule has 0 aliphatic rings. The number of halogens is 3. The van der Waals surface area contributed by atoms with Crippen LogP contribution in [0.5, 0.6) is 5.75 Å². The van der Waals surface area contributed by atoms with Gasteiger partial charge in [0.15, 0.2) is 11.9 Å². The van der Waals surface area contributed by atoms with Crippen LogP contribution in [0.3, 0.4) is 0 Å². The van der Waals surface area contributed by atoms with Gasteiger partial charge in [-0.25, -0.2) is 23.5 Å². The number of sulfonamides is 1. The fraction of sp³-hybridized carbons (Fsp3) is 0.312. The van der Waals surface area contributed by atoms with Gasteiger partial charge in [-0.2, -0.15) is 13.2 Å². The average molecular weight is 418 g/mol. The number of benzene rings is 1. The summed E-state index contributed by atoms with van der Waals surface area (Å²) < 4.78 is 67.0. The lowest BCUT2D eigenvalue weighted by atomic mass is 10.2. The van der Waals surface area contributed by atoms with Crippen LogP contribution < -0.4 is 15.2 Å². The Hall–Kier alpha value is -2.73. The number of para-hydroxylation sites is 1. The Bertz CT molecular complexity index is 989. The molecule has 2 aromatic rings. The predicted octanol–water partition coefficient (Wildman–Crippen LogP) is 2.32. The van der Waals surface area contributed by atoms with E-state index in [1.165, 1.54) is 0 Å². The molecule has 1 heterocycles. The van der Waals surface area contributed by atoms with Crippen LogP contribution in [-0.2, 0) is 10.0 Å². The molecule has 0 saturated heterocycles. The Labute approximate surface area is 159 Å². The predicted molar refractivity (Wildman–Crippen MR) is 93.4 cm³/mol. The van der Waals surface area contributed by atoms with Crippen LogP contribution in [0.1, 0.15) is 28.7 Å². The minimum Gasteiger partial charge on any atom is -0.479 e. The Morgan fingerprint density at radius 3 is 2.29 bits per heavy atom. The van der Waals surface area contributed by atoms with E-state index in [2.05, 4.69) is 15.3 Å². The quantitative estimate of drug-likeness (QED) is 0.768. The molecule has 0 radical (unpaired) electrons. The van der Waals surface area contributed by atoms with Gasteiger partial charge in [-0.05, 0) is 39.0 Å². The summed E-state index contributed by atoms with van der Waals surface area (Å²) in [5.74, 6) is -1.87. The first-order valence-electron chi connectivity index (χ1n) is 7.82. The largest absolute Gasteiger partial charge is 0.479 e. The Morgan fingerprint density at radius 1 is 1.21 bits per heavy atom. The molecule has 12 heteroatoms. The van der Waals surface area contributed by atoms with Crippen LogP contribution in [0.25, 0.3) is 0 Å². The van der Waals surface area contributed by atoms with Gasteiger partial charge in [0.1, 0.15) is 4.90 Å². The van der Waals surface area contributed by atoms with Crippen LogP contribution in [0, 0.1) is 13.8 Å². The maximum Gasteiger partial charge on any atom is 0.425 e. The molecular weight excluding hydrogens is 401 g/mol. The summed E-state index contributed by atoms with van der Waals surface area (Å²) >= 11 is 0. The lowest BCUT2D eigenvalue weighted by Crippen LogP contribution is -2.33. The highest BCUT2D eigenvalue weighted by atomic mass is 32.2. The van der Waals surface area contributed by atoms with Gasteiger partial charge >= 0.3 is 6.18 Å². The third-order valence-corrected chi connectivity index (χ3v) is 4.43. The number of nitrogens with zero attached hydrogens (tertiary/aromatic N) is 2. The molecule has 8 nitrogen and oxygen atoms in total. The van der Waals surface area contributed by atoms with Crippen LogP contribution >= 0.6 is 0 Å². The zero-order valence-corrected chi connectivity index (χ0v) is 15.9. The van der Waals surface area contributed by atoms with Gasteiger partial charge < -0.3 is 4.74 Å². The van der Waals surface area contributed by atoms with E-state index in [-0.39, 0.29) is 5.95 Å². The van der Waals surface area contributed by atoms with Crippen molar-refractivity contribution in [2.45, 2.75) is 37.9 Å². The molecule has 1 aromatic carbocycles. The minimum absolute atomic E-state index is 0.0988. The van der Waals surface area contributed by atoms with E-state index in [0.29, 0.717) is 18.3 Å². The monoisotopic (exact) mass is 418 g/mol. The lowest BCUT2D eigenvalue weighted by Gasteiger charge is -2.21. The van der Waals surface area contributed by atoms with Crippen molar-refractivity contribution in [3.05, 3.63) is 41.2 Å². The topological polar surface area (TPSA) is 124 Å². The van der Waals surface area contributed by atoms with Crippen molar-refractivity contribution in [3.63, 3.8) is 0 Å². The van der Waals surface area contributed by atoms with Crippen LogP contribution in [0.15, 0.2) is 29.2 Å². The first kappa shape index (κ1) is 21.6. The van der Waals surface area contributed by atoms with E-state index in [1.807, 2.05) is 0 Å². The van der Waals surface area contributed by atoms with Crippen molar-refractivity contribution >= 4 is 21.9 Å². The Morgan fingerprint density at radius 2 is 1.79 bits per heavy atom. The summed E-state index contributed by atoms with van der Waals surface area (Å²) in [4.78, 5) is 19.8. The molecule has 3 N–H and O–H groups in total. The van der Waals surface area contributed by atoms with Gasteiger partial charge in [-0.1, -0.05) is 6.07 Å². The van der Waals surface area contributed by atoms with Crippen LogP contribution in [0.2, 0.25) is 0 Å². The van der Waals surface area contributed by atoms with Gasteiger partial charge in [0.05, 0.1) is 5.56 Å². The zero-order valence-electron chi connectivity index (χ0n) is 15.0. The number of carbonyl (C=O) groups excluding carboxylic acids is 1. The second-order valence-corrected chi connectivity index (χ2v) is 7.44. The fourth-order valence-corrected chi connectivity index (χ4v) is 2.92. The number of anilines is 1. The molecule has 2 rings (SSSR count). The number of hydrogen-bond donors (Lipinski definition) is 2. The fourth-order valence-electron chi connectivity index (χ4n) is 2.23. The summed E-state index contributed by atoms with van der Waals surface area (Å²) in [6.07, 6.45) is -7.19. The van der Waals surface area contributed by atoms with Crippen molar-refractivity contribution in [1.82, 2.24) is 9.97 Å². The summed E-state index contributed by atoms with van der Waals surface area (Å²) in [7, 11) is -4.47. The number of ether oxygens (including phenoxy) is 1. The minimum atomic E-state index is -4.80. The Balaban J connectivity index is 2.51. The molecular formula is C16H17F3N4O4S. The molecule has 0 spiro atoms. The van der Waals surface area contributed by atoms with E-state index < -0.39 is 44.4 Å². The van der Waals surface area contributed by atoms with Gasteiger partial charge in [-0.3, -0.25) is 10.1 Å². The number of hydrogen-bond acceptors (Lipinski definition) is 6. The number of rotatable bonds is 5. The molecule has 28 heavy (non-hydrogen) atoms. The number of primary sulfonamides is 1.